The lowest BCUT2D eigenvalue weighted by Gasteiger charge is -2.07. The Morgan fingerprint density at radius 2 is 1.96 bits per heavy atom. The molecule has 1 aromatic heterocycles. The van der Waals surface area contributed by atoms with Crippen LogP contribution in [0.1, 0.15) is 5.56 Å². The molecule has 27 heavy (non-hydrogen) atoms. The van der Waals surface area contributed by atoms with Gasteiger partial charge in [-0.1, -0.05) is 18.2 Å². The molecule has 0 spiro atoms. The molecule has 0 saturated carbocycles. The molecular formula is C18H13N3O5S. The fraction of sp³-hybridized carbons (Fsp3) is 0.0556. The highest BCUT2D eigenvalue weighted by Crippen LogP contribution is 2.32. The predicted octanol–water partition coefficient (Wildman–Crippen LogP) is 4.00. The van der Waals surface area contributed by atoms with E-state index in [1.54, 1.807) is 30.3 Å². The van der Waals surface area contributed by atoms with Gasteiger partial charge in [0.1, 0.15) is 11.9 Å². The van der Waals surface area contributed by atoms with Crippen molar-refractivity contribution in [3.8, 4) is 11.6 Å². The van der Waals surface area contributed by atoms with Gasteiger partial charge in [0.25, 0.3) is 16.8 Å². The summed E-state index contributed by atoms with van der Waals surface area (Å²) >= 11 is 0.882. The minimum Gasteiger partial charge on any atom is -0.439 e. The van der Waals surface area contributed by atoms with E-state index in [-0.39, 0.29) is 29.3 Å². The Morgan fingerprint density at radius 1 is 1.22 bits per heavy atom. The Bertz CT molecular complexity index is 938. The van der Waals surface area contributed by atoms with E-state index in [2.05, 4.69) is 11.6 Å². The lowest BCUT2D eigenvalue weighted by Crippen LogP contribution is -2.27. The number of rotatable bonds is 6. The fourth-order valence-electron chi connectivity index (χ4n) is 2.23. The topological polar surface area (TPSA) is 103 Å². The first-order valence-electron chi connectivity index (χ1n) is 7.72. The Kier molecular flexibility index (Phi) is 5.32. The Balaban J connectivity index is 1.70. The first-order chi connectivity index (χ1) is 13.0. The molecule has 136 valence electrons. The summed E-state index contributed by atoms with van der Waals surface area (Å²) < 4.78 is 5.53. The monoisotopic (exact) mass is 383 g/mol. The number of amides is 2. The molecule has 1 aliphatic heterocycles. The van der Waals surface area contributed by atoms with Crippen LogP contribution in [0.2, 0.25) is 0 Å². The summed E-state index contributed by atoms with van der Waals surface area (Å²) in [5.41, 5.74) is 0.603. The lowest BCUT2D eigenvalue weighted by atomic mass is 10.2. The molecule has 9 heteroatoms. The third-order valence-electron chi connectivity index (χ3n) is 3.52. The van der Waals surface area contributed by atoms with Gasteiger partial charge in [-0.2, -0.15) is 0 Å². The largest absolute Gasteiger partial charge is 0.439 e. The number of thioether (sulfide) groups is 1. The summed E-state index contributed by atoms with van der Waals surface area (Å²) in [4.78, 5) is 39.4. The molecule has 0 unspecified atom stereocenters. The van der Waals surface area contributed by atoms with Crippen molar-refractivity contribution in [2.24, 2.45) is 0 Å². The Labute approximate surface area is 158 Å². The zero-order valence-corrected chi connectivity index (χ0v) is 14.7. The average molecular weight is 383 g/mol. The van der Waals surface area contributed by atoms with Gasteiger partial charge in [0.2, 0.25) is 5.88 Å². The second-order valence-electron chi connectivity index (χ2n) is 5.36. The molecule has 2 aromatic rings. The average Bonchev–Trinajstić information content (AvgIpc) is 2.91. The van der Waals surface area contributed by atoms with Crippen molar-refractivity contribution in [1.82, 2.24) is 9.88 Å². The Hall–Kier alpha value is -3.46. The maximum Gasteiger partial charge on any atom is 0.293 e. The van der Waals surface area contributed by atoms with E-state index in [0.717, 1.165) is 28.4 Å². The number of benzene rings is 1. The van der Waals surface area contributed by atoms with E-state index in [9.17, 15) is 19.7 Å². The second kappa shape index (κ2) is 7.83. The molecular weight excluding hydrogens is 370 g/mol. The summed E-state index contributed by atoms with van der Waals surface area (Å²) in [6.07, 6.45) is 4.24. The van der Waals surface area contributed by atoms with Gasteiger partial charge >= 0.3 is 0 Å². The molecule has 0 atom stereocenters. The molecule has 0 radical (unpaired) electrons. The molecule has 8 nitrogen and oxygen atoms in total. The minimum absolute atomic E-state index is 0.122. The fourth-order valence-corrected chi connectivity index (χ4v) is 3.08. The van der Waals surface area contributed by atoms with Gasteiger partial charge in [0, 0.05) is 18.7 Å². The second-order valence-corrected chi connectivity index (χ2v) is 6.36. The lowest BCUT2D eigenvalue weighted by molar-refractivity contribution is -0.385. The third kappa shape index (κ3) is 4.21. The molecule has 1 aliphatic rings. The smallest absolute Gasteiger partial charge is 0.293 e. The van der Waals surface area contributed by atoms with E-state index in [1.807, 2.05) is 0 Å². The maximum atomic E-state index is 12.2. The van der Waals surface area contributed by atoms with Crippen molar-refractivity contribution in [3.63, 3.8) is 0 Å². The number of hydrogen-bond donors (Lipinski definition) is 0. The van der Waals surface area contributed by atoms with Crippen LogP contribution in [-0.4, -0.2) is 32.5 Å². The van der Waals surface area contributed by atoms with Crippen molar-refractivity contribution in [2.45, 2.75) is 0 Å². The van der Waals surface area contributed by atoms with Crippen LogP contribution in [0.5, 0.6) is 11.6 Å². The number of ether oxygens (including phenoxy) is 1. The van der Waals surface area contributed by atoms with Crippen molar-refractivity contribution < 1.29 is 19.2 Å². The van der Waals surface area contributed by atoms with Gasteiger partial charge in [0.05, 0.1) is 9.83 Å². The van der Waals surface area contributed by atoms with Crippen LogP contribution in [0.15, 0.2) is 60.2 Å². The third-order valence-corrected chi connectivity index (χ3v) is 4.42. The number of aromatic nitrogens is 1. The van der Waals surface area contributed by atoms with Crippen LogP contribution < -0.4 is 4.74 Å². The molecule has 0 aliphatic carbocycles. The van der Waals surface area contributed by atoms with Crippen LogP contribution in [0.3, 0.4) is 0 Å². The Morgan fingerprint density at radius 3 is 2.56 bits per heavy atom. The summed E-state index contributed by atoms with van der Waals surface area (Å²) in [6, 6.07) is 9.49. The SMILES string of the molecule is C=CCN1C(=O)SC(=Cc2ccc(Oc3ccc([N+](=O)[O-])cn3)cc2)C1=O. The van der Waals surface area contributed by atoms with Gasteiger partial charge < -0.3 is 4.74 Å². The van der Waals surface area contributed by atoms with Crippen molar-refractivity contribution in [3.05, 3.63) is 75.8 Å². The highest BCUT2D eigenvalue weighted by Gasteiger charge is 2.33. The molecule has 3 rings (SSSR count). The minimum atomic E-state index is -0.539. The first kappa shape index (κ1) is 18.3. The zero-order chi connectivity index (χ0) is 19.4. The molecule has 1 saturated heterocycles. The quantitative estimate of drug-likeness (QED) is 0.321. The number of hydrogen-bond acceptors (Lipinski definition) is 7. The molecule has 0 bridgehead atoms. The number of pyridine rings is 1. The summed E-state index contributed by atoms with van der Waals surface area (Å²) in [6.45, 7) is 3.71. The molecule has 2 heterocycles. The predicted molar refractivity (Wildman–Crippen MR) is 100 cm³/mol. The highest BCUT2D eigenvalue weighted by atomic mass is 32.2. The standard InChI is InChI=1S/C18H13N3O5S/c1-2-9-20-17(22)15(27-18(20)23)10-12-3-6-14(7-4-12)26-16-8-5-13(11-19-16)21(24)25/h2-8,10-11H,1,9H2. The van der Waals surface area contributed by atoms with Crippen molar-refractivity contribution >= 4 is 34.7 Å². The zero-order valence-electron chi connectivity index (χ0n) is 13.9. The molecule has 0 N–H and O–H groups in total. The number of carbonyl (C=O) groups excluding carboxylic acids is 2. The number of carbonyl (C=O) groups is 2. The number of imide groups is 1. The van der Waals surface area contributed by atoms with Crippen LogP contribution in [0.4, 0.5) is 10.5 Å². The summed E-state index contributed by atoms with van der Waals surface area (Å²) in [7, 11) is 0. The van der Waals surface area contributed by atoms with E-state index in [0.29, 0.717) is 10.7 Å². The normalized spacial score (nSPS) is 15.3. The van der Waals surface area contributed by atoms with Gasteiger partial charge in [-0.25, -0.2) is 4.98 Å². The number of nitro groups is 1. The molecule has 1 aromatic carbocycles. The van der Waals surface area contributed by atoms with Gasteiger partial charge in [-0.05, 0) is 35.5 Å². The van der Waals surface area contributed by atoms with Crippen LogP contribution in [-0.2, 0) is 4.79 Å². The van der Waals surface area contributed by atoms with Gasteiger partial charge in [-0.3, -0.25) is 24.6 Å². The van der Waals surface area contributed by atoms with Crippen molar-refractivity contribution in [2.75, 3.05) is 6.54 Å². The molecule has 2 amide bonds. The van der Waals surface area contributed by atoms with E-state index in [1.165, 1.54) is 18.2 Å². The van der Waals surface area contributed by atoms with Crippen molar-refractivity contribution in [1.29, 1.82) is 0 Å². The van der Waals surface area contributed by atoms with E-state index < -0.39 is 4.92 Å². The van der Waals surface area contributed by atoms with Crippen LogP contribution >= 0.6 is 11.8 Å². The van der Waals surface area contributed by atoms with Crippen LogP contribution in [0.25, 0.3) is 6.08 Å². The first-order valence-corrected chi connectivity index (χ1v) is 8.54. The van der Waals surface area contributed by atoms with Crippen LogP contribution in [0, 0.1) is 10.1 Å². The summed E-state index contributed by atoms with van der Waals surface area (Å²) in [5.74, 6) is 0.354. The highest BCUT2D eigenvalue weighted by molar-refractivity contribution is 8.18. The summed E-state index contributed by atoms with van der Waals surface area (Å²) in [5, 5.41) is 10.3. The maximum absolute atomic E-state index is 12.2. The van der Waals surface area contributed by atoms with Gasteiger partial charge in [0.15, 0.2) is 0 Å². The van der Waals surface area contributed by atoms with E-state index >= 15 is 0 Å². The number of nitrogens with zero attached hydrogens (tertiary/aromatic N) is 3. The van der Waals surface area contributed by atoms with E-state index in [4.69, 9.17) is 4.74 Å². The molecule has 1 fully saturated rings. The van der Waals surface area contributed by atoms with Gasteiger partial charge in [-0.15, -0.1) is 6.58 Å².